The summed E-state index contributed by atoms with van der Waals surface area (Å²) in [6.45, 7) is 4.66. The van der Waals surface area contributed by atoms with Gasteiger partial charge in [-0.25, -0.2) is 9.97 Å². The Morgan fingerprint density at radius 3 is 2.87 bits per heavy atom. The molecule has 0 aromatic carbocycles. The lowest BCUT2D eigenvalue weighted by Crippen LogP contribution is -2.41. The summed E-state index contributed by atoms with van der Waals surface area (Å²) in [4.78, 5) is 27.1. The van der Waals surface area contributed by atoms with Crippen molar-refractivity contribution in [3.8, 4) is 0 Å². The van der Waals surface area contributed by atoms with Gasteiger partial charge in [-0.05, 0) is 19.1 Å². The maximum absolute atomic E-state index is 12.5. The molecule has 1 aliphatic heterocycles. The highest BCUT2D eigenvalue weighted by Gasteiger charge is 2.20. The van der Waals surface area contributed by atoms with Gasteiger partial charge >= 0.3 is 0 Å². The van der Waals surface area contributed by atoms with E-state index in [4.69, 9.17) is 4.74 Å². The Morgan fingerprint density at radius 2 is 2.13 bits per heavy atom. The SMILES string of the molecule is Cc1nc(NCc2ccccn2)cc(C(=O)N2CCOCC2)n1. The second-order valence-corrected chi connectivity index (χ2v) is 5.26. The number of carbonyl (C=O) groups excluding carboxylic acids is 1. The van der Waals surface area contributed by atoms with Crippen LogP contribution in [0, 0.1) is 6.92 Å². The zero-order valence-corrected chi connectivity index (χ0v) is 13.0. The molecule has 1 N–H and O–H groups in total. The van der Waals surface area contributed by atoms with Crippen molar-refractivity contribution in [1.82, 2.24) is 19.9 Å². The number of ether oxygens (including phenoxy) is 1. The van der Waals surface area contributed by atoms with Crippen LogP contribution in [-0.4, -0.2) is 52.1 Å². The molecule has 3 heterocycles. The molecule has 0 radical (unpaired) electrons. The lowest BCUT2D eigenvalue weighted by Gasteiger charge is -2.26. The molecule has 7 heteroatoms. The first kappa shape index (κ1) is 15.4. The Balaban J connectivity index is 1.72. The van der Waals surface area contributed by atoms with Crippen LogP contribution in [0.1, 0.15) is 22.0 Å². The normalized spacial score (nSPS) is 14.6. The second-order valence-electron chi connectivity index (χ2n) is 5.26. The molecule has 0 bridgehead atoms. The van der Waals surface area contributed by atoms with E-state index in [9.17, 15) is 4.79 Å². The molecule has 2 aromatic heterocycles. The molecule has 0 atom stereocenters. The minimum atomic E-state index is -0.0836. The Labute approximate surface area is 134 Å². The van der Waals surface area contributed by atoms with E-state index in [1.165, 1.54) is 0 Å². The van der Waals surface area contributed by atoms with Crippen molar-refractivity contribution in [1.29, 1.82) is 0 Å². The summed E-state index contributed by atoms with van der Waals surface area (Å²) < 4.78 is 5.27. The number of morpholine rings is 1. The molecule has 0 aliphatic carbocycles. The Bertz CT molecular complexity index is 671. The first-order chi connectivity index (χ1) is 11.2. The van der Waals surface area contributed by atoms with E-state index < -0.39 is 0 Å². The highest BCUT2D eigenvalue weighted by molar-refractivity contribution is 5.93. The molecule has 3 rings (SSSR count). The molecule has 0 unspecified atom stereocenters. The lowest BCUT2D eigenvalue weighted by molar-refractivity contribution is 0.0299. The van der Waals surface area contributed by atoms with Crippen molar-refractivity contribution >= 4 is 11.7 Å². The molecule has 2 aromatic rings. The van der Waals surface area contributed by atoms with Crippen LogP contribution < -0.4 is 5.32 Å². The fourth-order valence-corrected chi connectivity index (χ4v) is 2.38. The number of aromatic nitrogens is 3. The molecular formula is C16H19N5O2. The third kappa shape index (κ3) is 4.01. The number of anilines is 1. The molecule has 0 spiro atoms. The van der Waals surface area contributed by atoms with Crippen LogP contribution in [0.4, 0.5) is 5.82 Å². The summed E-state index contributed by atoms with van der Waals surface area (Å²) >= 11 is 0. The molecule has 120 valence electrons. The number of aryl methyl sites for hydroxylation is 1. The van der Waals surface area contributed by atoms with E-state index in [1.54, 1.807) is 24.1 Å². The van der Waals surface area contributed by atoms with E-state index in [-0.39, 0.29) is 5.91 Å². The highest BCUT2D eigenvalue weighted by Crippen LogP contribution is 2.11. The summed E-state index contributed by atoms with van der Waals surface area (Å²) in [6.07, 6.45) is 1.75. The fourth-order valence-electron chi connectivity index (χ4n) is 2.38. The number of pyridine rings is 1. The van der Waals surface area contributed by atoms with E-state index in [2.05, 4.69) is 20.3 Å². The van der Waals surface area contributed by atoms with Crippen molar-refractivity contribution in [2.75, 3.05) is 31.6 Å². The van der Waals surface area contributed by atoms with Gasteiger partial charge < -0.3 is 15.0 Å². The third-order valence-electron chi connectivity index (χ3n) is 3.53. The molecule has 1 fully saturated rings. The third-order valence-corrected chi connectivity index (χ3v) is 3.53. The predicted octanol–water partition coefficient (Wildman–Crippen LogP) is 1.26. The fraction of sp³-hybridized carbons (Fsp3) is 0.375. The van der Waals surface area contributed by atoms with Gasteiger partial charge in [-0.1, -0.05) is 6.07 Å². The predicted molar refractivity (Wildman–Crippen MR) is 85.1 cm³/mol. The largest absolute Gasteiger partial charge is 0.378 e. The minimum absolute atomic E-state index is 0.0836. The van der Waals surface area contributed by atoms with Gasteiger partial charge in [-0.3, -0.25) is 9.78 Å². The maximum Gasteiger partial charge on any atom is 0.272 e. The van der Waals surface area contributed by atoms with E-state index >= 15 is 0 Å². The number of amides is 1. The molecular weight excluding hydrogens is 294 g/mol. The topological polar surface area (TPSA) is 80.2 Å². The van der Waals surface area contributed by atoms with Crippen molar-refractivity contribution in [3.63, 3.8) is 0 Å². The highest BCUT2D eigenvalue weighted by atomic mass is 16.5. The summed E-state index contributed by atoms with van der Waals surface area (Å²) in [5.74, 6) is 1.10. The monoisotopic (exact) mass is 313 g/mol. The molecule has 1 aliphatic rings. The Morgan fingerprint density at radius 1 is 1.30 bits per heavy atom. The second kappa shape index (κ2) is 7.15. The summed E-state index contributed by atoms with van der Waals surface area (Å²) in [5.41, 5.74) is 1.31. The van der Waals surface area contributed by atoms with Crippen LogP contribution in [0.2, 0.25) is 0 Å². The van der Waals surface area contributed by atoms with E-state index in [1.807, 2.05) is 18.2 Å². The van der Waals surface area contributed by atoms with Crippen LogP contribution in [0.15, 0.2) is 30.5 Å². The minimum Gasteiger partial charge on any atom is -0.378 e. The molecule has 1 amide bonds. The van der Waals surface area contributed by atoms with Crippen molar-refractivity contribution < 1.29 is 9.53 Å². The number of nitrogens with zero attached hydrogens (tertiary/aromatic N) is 4. The van der Waals surface area contributed by atoms with Crippen molar-refractivity contribution in [3.05, 3.63) is 47.7 Å². The molecule has 23 heavy (non-hydrogen) atoms. The summed E-state index contributed by atoms with van der Waals surface area (Å²) in [6, 6.07) is 7.43. The standard InChI is InChI=1S/C16H19N5O2/c1-12-19-14(16(22)21-6-8-23-9-7-21)10-15(20-12)18-11-13-4-2-3-5-17-13/h2-5,10H,6-9,11H2,1H3,(H,18,19,20). The van der Waals surface area contributed by atoms with Gasteiger partial charge in [0.15, 0.2) is 0 Å². The molecule has 1 saturated heterocycles. The average Bonchev–Trinajstić information content (AvgIpc) is 2.60. The van der Waals surface area contributed by atoms with E-state index in [0.29, 0.717) is 50.2 Å². The Hall–Kier alpha value is -2.54. The van der Waals surface area contributed by atoms with Gasteiger partial charge in [0, 0.05) is 25.4 Å². The van der Waals surface area contributed by atoms with Crippen LogP contribution >= 0.6 is 0 Å². The van der Waals surface area contributed by atoms with Crippen molar-refractivity contribution in [2.45, 2.75) is 13.5 Å². The van der Waals surface area contributed by atoms with Gasteiger partial charge in [-0.15, -0.1) is 0 Å². The number of carbonyl (C=O) groups is 1. The van der Waals surface area contributed by atoms with Gasteiger partial charge in [0.05, 0.1) is 25.5 Å². The number of hydrogen-bond acceptors (Lipinski definition) is 6. The number of hydrogen-bond donors (Lipinski definition) is 1. The first-order valence-corrected chi connectivity index (χ1v) is 7.59. The average molecular weight is 313 g/mol. The van der Waals surface area contributed by atoms with E-state index in [0.717, 1.165) is 5.69 Å². The number of nitrogens with one attached hydrogen (secondary N) is 1. The van der Waals surface area contributed by atoms with Crippen LogP contribution in [0.5, 0.6) is 0 Å². The zero-order chi connectivity index (χ0) is 16.1. The summed E-state index contributed by atoms with van der Waals surface area (Å²) in [5, 5.41) is 3.19. The quantitative estimate of drug-likeness (QED) is 0.915. The van der Waals surface area contributed by atoms with Crippen LogP contribution in [-0.2, 0) is 11.3 Å². The van der Waals surface area contributed by atoms with Gasteiger partial charge in [0.2, 0.25) is 0 Å². The number of rotatable bonds is 4. The smallest absolute Gasteiger partial charge is 0.272 e. The first-order valence-electron chi connectivity index (χ1n) is 7.59. The van der Waals surface area contributed by atoms with Gasteiger partial charge in [-0.2, -0.15) is 0 Å². The molecule has 7 nitrogen and oxygen atoms in total. The zero-order valence-electron chi connectivity index (χ0n) is 13.0. The Kier molecular flexibility index (Phi) is 4.77. The van der Waals surface area contributed by atoms with Crippen LogP contribution in [0.25, 0.3) is 0 Å². The van der Waals surface area contributed by atoms with Crippen molar-refractivity contribution in [2.24, 2.45) is 0 Å². The van der Waals surface area contributed by atoms with Gasteiger partial charge in [0.25, 0.3) is 5.91 Å². The summed E-state index contributed by atoms with van der Waals surface area (Å²) in [7, 11) is 0. The maximum atomic E-state index is 12.5. The van der Waals surface area contributed by atoms with Gasteiger partial charge in [0.1, 0.15) is 17.3 Å². The van der Waals surface area contributed by atoms with Crippen LogP contribution in [0.3, 0.4) is 0 Å². The molecule has 0 saturated carbocycles. The lowest BCUT2D eigenvalue weighted by atomic mass is 10.3.